The van der Waals surface area contributed by atoms with Gasteiger partial charge in [-0.25, -0.2) is 4.98 Å². The number of carbonyl (C=O) groups is 1. The lowest BCUT2D eigenvalue weighted by Gasteiger charge is -2.20. The fourth-order valence-electron chi connectivity index (χ4n) is 1.94. The van der Waals surface area contributed by atoms with Crippen LogP contribution in [0.15, 0.2) is 5.51 Å². The number of hydrogen-bond acceptors (Lipinski definition) is 5. The first-order valence-corrected chi connectivity index (χ1v) is 6.51. The normalized spacial score (nSPS) is 23.9. The number of carbonyl (C=O) groups excluding carboxylic acids is 1. The van der Waals surface area contributed by atoms with Gasteiger partial charge >= 0.3 is 0 Å². The van der Waals surface area contributed by atoms with Crippen LogP contribution in [-0.2, 0) is 11.3 Å². The molecule has 2 heterocycles. The van der Waals surface area contributed by atoms with Crippen LogP contribution in [0.5, 0.6) is 0 Å². The van der Waals surface area contributed by atoms with Gasteiger partial charge in [-0.1, -0.05) is 0 Å². The van der Waals surface area contributed by atoms with Gasteiger partial charge in [0.1, 0.15) is 0 Å². The summed E-state index contributed by atoms with van der Waals surface area (Å²) in [4.78, 5) is 19.0. The van der Waals surface area contributed by atoms with Crippen LogP contribution in [0.2, 0.25) is 0 Å². The van der Waals surface area contributed by atoms with Crippen LogP contribution < -0.4 is 5.32 Å². The third-order valence-electron chi connectivity index (χ3n) is 3.01. The molecule has 1 aliphatic rings. The Morgan fingerprint density at radius 3 is 3.06 bits per heavy atom. The van der Waals surface area contributed by atoms with Crippen molar-refractivity contribution in [1.29, 1.82) is 0 Å². The molecule has 5 nitrogen and oxygen atoms in total. The molecule has 0 spiro atoms. The Balaban J connectivity index is 1.94. The van der Waals surface area contributed by atoms with Crippen LogP contribution >= 0.6 is 11.3 Å². The van der Waals surface area contributed by atoms with Gasteiger partial charge in [0.25, 0.3) is 0 Å². The number of aliphatic hydroxyl groups is 1. The maximum absolute atomic E-state index is 12.1. The zero-order chi connectivity index (χ0) is 12.4. The SMILES string of the molecule is Cc1ncsc1CN(C)C(=O)C1CC(O)CN1. The van der Waals surface area contributed by atoms with Crippen molar-refractivity contribution in [3.63, 3.8) is 0 Å². The van der Waals surface area contributed by atoms with Crippen molar-refractivity contribution in [3.8, 4) is 0 Å². The van der Waals surface area contributed by atoms with Crippen molar-refractivity contribution in [3.05, 3.63) is 16.1 Å². The minimum atomic E-state index is -0.400. The maximum atomic E-state index is 12.1. The van der Waals surface area contributed by atoms with Gasteiger partial charge < -0.3 is 15.3 Å². The summed E-state index contributed by atoms with van der Waals surface area (Å²) in [6.07, 6.45) is 0.104. The number of amides is 1. The molecule has 1 amide bonds. The number of nitrogens with zero attached hydrogens (tertiary/aromatic N) is 2. The van der Waals surface area contributed by atoms with E-state index in [0.29, 0.717) is 19.5 Å². The molecular formula is C11H17N3O2S. The number of nitrogens with one attached hydrogen (secondary N) is 1. The van der Waals surface area contributed by atoms with E-state index in [9.17, 15) is 9.90 Å². The van der Waals surface area contributed by atoms with Crippen molar-refractivity contribution < 1.29 is 9.90 Å². The summed E-state index contributed by atoms with van der Waals surface area (Å²) in [5.74, 6) is 0.0364. The molecule has 0 radical (unpaired) electrons. The van der Waals surface area contributed by atoms with Crippen molar-refractivity contribution in [1.82, 2.24) is 15.2 Å². The van der Waals surface area contributed by atoms with E-state index in [4.69, 9.17) is 0 Å². The molecule has 0 aliphatic carbocycles. The molecule has 2 rings (SSSR count). The zero-order valence-electron chi connectivity index (χ0n) is 10.0. The highest BCUT2D eigenvalue weighted by molar-refractivity contribution is 7.09. The largest absolute Gasteiger partial charge is 0.392 e. The molecule has 0 aromatic carbocycles. The number of aryl methyl sites for hydroxylation is 1. The fraction of sp³-hybridized carbons (Fsp3) is 0.636. The smallest absolute Gasteiger partial charge is 0.239 e. The van der Waals surface area contributed by atoms with E-state index >= 15 is 0 Å². The summed E-state index contributed by atoms with van der Waals surface area (Å²) >= 11 is 1.56. The van der Waals surface area contributed by atoms with Crippen molar-refractivity contribution in [2.24, 2.45) is 0 Å². The number of rotatable bonds is 3. The lowest BCUT2D eigenvalue weighted by molar-refractivity contribution is -0.132. The molecule has 2 atom stereocenters. The Hall–Kier alpha value is -0.980. The monoisotopic (exact) mass is 255 g/mol. The highest BCUT2D eigenvalue weighted by Gasteiger charge is 2.30. The molecule has 1 aliphatic heterocycles. The second kappa shape index (κ2) is 5.12. The van der Waals surface area contributed by atoms with E-state index in [2.05, 4.69) is 10.3 Å². The quantitative estimate of drug-likeness (QED) is 0.806. The number of β-amino-alcohol motifs (C(OH)–C–C–N with tert-alkyl or cyclic N) is 1. The number of aromatic nitrogens is 1. The van der Waals surface area contributed by atoms with Crippen LogP contribution in [0.25, 0.3) is 0 Å². The molecule has 17 heavy (non-hydrogen) atoms. The summed E-state index contributed by atoms with van der Waals surface area (Å²) in [6, 6.07) is -0.247. The van der Waals surface area contributed by atoms with Gasteiger partial charge in [0, 0.05) is 18.5 Å². The van der Waals surface area contributed by atoms with Crippen molar-refractivity contribution in [2.45, 2.75) is 32.0 Å². The molecule has 6 heteroatoms. The minimum Gasteiger partial charge on any atom is -0.392 e. The van der Waals surface area contributed by atoms with Crippen LogP contribution in [0, 0.1) is 6.92 Å². The second-order valence-electron chi connectivity index (χ2n) is 4.41. The van der Waals surface area contributed by atoms with Crippen LogP contribution in [0.3, 0.4) is 0 Å². The van der Waals surface area contributed by atoms with E-state index < -0.39 is 6.10 Å². The number of hydrogen-bond donors (Lipinski definition) is 2. The molecule has 0 bridgehead atoms. The maximum Gasteiger partial charge on any atom is 0.239 e. The fourth-order valence-corrected chi connectivity index (χ4v) is 2.77. The van der Waals surface area contributed by atoms with Gasteiger partial charge in [-0.2, -0.15) is 0 Å². The van der Waals surface area contributed by atoms with Gasteiger partial charge in [0.15, 0.2) is 0 Å². The predicted octanol–water partition coefficient (Wildman–Crippen LogP) is 0.133. The molecule has 2 unspecified atom stereocenters. The molecule has 94 valence electrons. The third kappa shape index (κ3) is 2.83. The topological polar surface area (TPSA) is 65.5 Å². The summed E-state index contributed by atoms with van der Waals surface area (Å²) in [5, 5.41) is 12.4. The van der Waals surface area contributed by atoms with E-state index in [-0.39, 0.29) is 11.9 Å². The van der Waals surface area contributed by atoms with E-state index in [1.165, 1.54) is 0 Å². The first-order chi connectivity index (χ1) is 8.08. The van der Waals surface area contributed by atoms with Gasteiger partial charge in [0.2, 0.25) is 5.91 Å². The molecule has 2 N–H and O–H groups in total. The van der Waals surface area contributed by atoms with Crippen molar-refractivity contribution >= 4 is 17.2 Å². The molecular weight excluding hydrogens is 238 g/mol. The lowest BCUT2D eigenvalue weighted by atomic mass is 10.2. The summed E-state index contributed by atoms with van der Waals surface area (Å²) in [6.45, 7) is 3.04. The van der Waals surface area contributed by atoms with Crippen LogP contribution in [-0.4, -0.2) is 46.6 Å². The Kier molecular flexibility index (Phi) is 3.76. The first kappa shape index (κ1) is 12.5. The van der Waals surface area contributed by atoms with E-state index in [0.717, 1.165) is 10.6 Å². The third-order valence-corrected chi connectivity index (χ3v) is 3.93. The Labute approximate surface area is 104 Å². The predicted molar refractivity (Wildman–Crippen MR) is 65.7 cm³/mol. The van der Waals surface area contributed by atoms with Gasteiger partial charge in [-0.3, -0.25) is 4.79 Å². The first-order valence-electron chi connectivity index (χ1n) is 5.63. The van der Waals surface area contributed by atoms with Gasteiger partial charge in [0.05, 0.1) is 29.9 Å². The van der Waals surface area contributed by atoms with E-state index in [1.54, 1.807) is 28.8 Å². The zero-order valence-corrected chi connectivity index (χ0v) is 10.8. The van der Waals surface area contributed by atoms with E-state index in [1.807, 2.05) is 6.92 Å². The van der Waals surface area contributed by atoms with Gasteiger partial charge in [-0.15, -0.1) is 11.3 Å². The Bertz CT molecular complexity index is 407. The standard InChI is InChI=1S/C11H17N3O2S/c1-7-10(17-6-13-7)5-14(2)11(16)9-3-8(15)4-12-9/h6,8-9,12,15H,3-5H2,1-2H3. The average Bonchev–Trinajstić information content (AvgIpc) is 2.88. The summed E-state index contributed by atoms with van der Waals surface area (Å²) in [5.41, 5.74) is 2.77. The Morgan fingerprint density at radius 2 is 2.53 bits per heavy atom. The molecule has 1 aromatic heterocycles. The summed E-state index contributed by atoms with van der Waals surface area (Å²) < 4.78 is 0. The van der Waals surface area contributed by atoms with Crippen molar-refractivity contribution in [2.75, 3.05) is 13.6 Å². The average molecular weight is 255 g/mol. The molecule has 1 fully saturated rings. The van der Waals surface area contributed by atoms with Gasteiger partial charge in [-0.05, 0) is 13.3 Å². The summed E-state index contributed by atoms with van der Waals surface area (Å²) in [7, 11) is 1.79. The molecule has 1 saturated heterocycles. The lowest BCUT2D eigenvalue weighted by Crippen LogP contribution is -2.41. The minimum absolute atomic E-state index is 0.0364. The molecule has 0 saturated carbocycles. The highest BCUT2D eigenvalue weighted by atomic mass is 32.1. The number of likely N-dealkylation sites (N-methyl/N-ethyl adjacent to an activating group) is 1. The van der Waals surface area contributed by atoms with Crippen LogP contribution in [0.1, 0.15) is 17.0 Å². The second-order valence-corrected chi connectivity index (χ2v) is 5.34. The number of aliphatic hydroxyl groups excluding tert-OH is 1. The number of thiazole rings is 1. The van der Waals surface area contributed by atoms with Crippen LogP contribution in [0.4, 0.5) is 0 Å². The Morgan fingerprint density at radius 1 is 1.76 bits per heavy atom. The molecule has 1 aromatic rings. The highest BCUT2D eigenvalue weighted by Crippen LogP contribution is 2.16.